The van der Waals surface area contributed by atoms with Gasteiger partial charge in [0.25, 0.3) is 5.91 Å². The van der Waals surface area contributed by atoms with Crippen molar-refractivity contribution in [3.8, 4) is 11.5 Å². The predicted molar refractivity (Wildman–Crippen MR) is 172 cm³/mol. The summed E-state index contributed by atoms with van der Waals surface area (Å²) < 4.78 is 59.1. The number of halogens is 3. The number of nitrogens with zero attached hydrogens (tertiary/aromatic N) is 1. The fourth-order valence-corrected chi connectivity index (χ4v) is 5.63. The third-order valence-corrected chi connectivity index (χ3v) is 7.76. The van der Waals surface area contributed by atoms with Crippen LogP contribution >= 0.6 is 12.4 Å². The quantitative estimate of drug-likeness (QED) is 0.181. The van der Waals surface area contributed by atoms with Crippen LogP contribution in [0.1, 0.15) is 41.6 Å². The molecule has 4 rings (SSSR count). The summed E-state index contributed by atoms with van der Waals surface area (Å²) in [6.45, 7) is 5.22. The van der Waals surface area contributed by atoms with Crippen LogP contribution in [0.15, 0.2) is 73.3 Å². The van der Waals surface area contributed by atoms with E-state index in [1.165, 1.54) is 0 Å². The normalized spacial score (nSPS) is 16.6. The molecule has 14 heteroatoms. The van der Waals surface area contributed by atoms with E-state index >= 15 is 0 Å². The van der Waals surface area contributed by atoms with E-state index in [1.54, 1.807) is 24.3 Å². The predicted octanol–water partition coefficient (Wildman–Crippen LogP) is 5.77. The molecule has 0 radical (unpaired) electrons. The number of rotatable bonds is 12. The number of carbonyl (C=O) groups is 2. The summed E-state index contributed by atoms with van der Waals surface area (Å²) in [5.74, 6) is -1.98. The highest BCUT2D eigenvalue weighted by atomic mass is 35.5. The number of nitrogens with two attached hydrogens (primary N) is 1. The maximum Gasteiger partial charge on any atom is 0.319 e. The number of likely N-dealkylation sites (tertiary alicyclic amines) is 1. The summed E-state index contributed by atoms with van der Waals surface area (Å²) in [6, 6.07) is 15.0. The molecule has 10 nitrogen and oxygen atoms in total. The van der Waals surface area contributed by atoms with Gasteiger partial charge < -0.3 is 21.1 Å². The van der Waals surface area contributed by atoms with E-state index in [4.69, 9.17) is 10.5 Å². The van der Waals surface area contributed by atoms with E-state index < -0.39 is 39.2 Å². The maximum absolute atomic E-state index is 14.2. The molecule has 1 aliphatic rings. The number of amides is 3. The number of hydrogen-bond acceptors (Lipinski definition) is 6. The Kier molecular flexibility index (Phi) is 12.3. The highest BCUT2D eigenvalue weighted by molar-refractivity contribution is 7.92. The van der Waals surface area contributed by atoms with Crippen molar-refractivity contribution in [3.05, 3.63) is 96.1 Å². The topological polar surface area (TPSA) is 143 Å². The molecule has 0 bridgehead atoms. The summed E-state index contributed by atoms with van der Waals surface area (Å²) in [7, 11) is -3.36. The minimum atomic E-state index is -3.36. The number of sulfonamides is 1. The third kappa shape index (κ3) is 10.4. The molecule has 3 amide bonds. The Morgan fingerprint density at radius 1 is 1.07 bits per heavy atom. The van der Waals surface area contributed by atoms with Crippen LogP contribution in [-0.4, -0.2) is 50.1 Å². The number of benzene rings is 3. The van der Waals surface area contributed by atoms with E-state index in [-0.39, 0.29) is 30.2 Å². The second-order valence-electron chi connectivity index (χ2n) is 10.6. The van der Waals surface area contributed by atoms with Crippen molar-refractivity contribution in [2.24, 2.45) is 5.73 Å². The van der Waals surface area contributed by atoms with Gasteiger partial charge in [-0.25, -0.2) is 22.0 Å². The first-order chi connectivity index (χ1) is 20.9. The van der Waals surface area contributed by atoms with E-state index in [1.807, 2.05) is 30.3 Å². The summed E-state index contributed by atoms with van der Waals surface area (Å²) in [4.78, 5) is 26.4. The molecule has 1 aliphatic heterocycles. The van der Waals surface area contributed by atoms with Gasteiger partial charge >= 0.3 is 6.03 Å². The van der Waals surface area contributed by atoms with Gasteiger partial charge in [0.1, 0.15) is 23.1 Å². The zero-order valence-corrected chi connectivity index (χ0v) is 26.2. The fraction of sp³-hybridized carbons (Fsp3) is 0.290. The zero-order chi connectivity index (χ0) is 31.9. The molecule has 3 aromatic carbocycles. The zero-order valence-electron chi connectivity index (χ0n) is 24.6. The molecule has 45 heavy (non-hydrogen) atoms. The van der Waals surface area contributed by atoms with E-state index in [2.05, 4.69) is 26.8 Å². The van der Waals surface area contributed by atoms with Crippen molar-refractivity contribution < 1.29 is 31.5 Å². The minimum absolute atomic E-state index is 0. The van der Waals surface area contributed by atoms with Gasteiger partial charge in [0.05, 0.1) is 17.5 Å². The van der Waals surface area contributed by atoms with Crippen LogP contribution in [0.2, 0.25) is 0 Å². The number of urea groups is 1. The lowest BCUT2D eigenvalue weighted by Crippen LogP contribution is -2.50. The van der Waals surface area contributed by atoms with Crippen LogP contribution in [0.5, 0.6) is 11.5 Å². The number of ether oxygens (including phenoxy) is 1. The summed E-state index contributed by atoms with van der Waals surface area (Å²) in [6.07, 6.45) is 5.88. The van der Waals surface area contributed by atoms with Crippen LogP contribution in [0.4, 0.5) is 25.0 Å². The van der Waals surface area contributed by atoms with Gasteiger partial charge in [-0.1, -0.05) is 18.2 Å². The van der Waals surface area contributed by atoms with E-state index in [0.29, 0.717) is 49.2 Å². The molecular formula is C31H36ClF2N5O5S. The second-order valence-corrected chi connectivity index (χ2v) is 12.4. The molecule has 1 saturated heterocycles. The molecule has 3 aromatic rings. The molecule has 1 fully saturated rings. The molecule has 2 atom stereocenters. The number of primary amides is 1. The van der Waals surface area contributed by atoms with Crippen LogP contribution < -0.4 is 25.8 Å². The number of carbonyl (C=O) groups excluding carboxylic acids is 2. The van der Waals surface area contributed by atoms with Crippen molar-refractivity contribution in [1.29, 1.82) is 0 Å². The second kappa shape index (κ2) is 15.7. The van der Waals surface area contributed by atoms with Crippen LogP contribution in [0.25, 0.3) is 0 Å². The first-order valence-corrected chi connectivity index (χ1v) is 15.9. The number of piperidine rings is 1. The van der Waals surface area contributed by atoms with Gasteiger partial charge in [0, 0.05) is 36.9 Å². The lowest BCUT2D eigenvalue weighted by molar-refractivity contribution is 0.0996. The monoisotopic (exact) mass is 663 g/mol. The van der Waals surface area contributed by atoms with Crippen molar-refractivity contribution in [2.45, 2.75) is 44.3 Å². The lowest BCUT2D eigenvalue weighted by atomic mass is 9.93. The molecule has 0 aliphatic carbocycles. The number of nitrogens with one attached hydrogen (secondary N) is 3. The Hall–Kier alpha value is -4.20. The van der Waals surface area contributed by atoms with Crippen molar-refractivity contribution in [3.63, 3.8) is 0 Å². The molecule has 0 saturated carbocycles. The highest BCUT2D eigenvalue weighted by Crippen LogP contribution is 2.27. The van der Waals surface area contributed by atoms with Crippen LogP contribution in [-0.2, 0) is 16.6 Å². The van der Waals surface area contributed by atoms with Crippen molar-refractivity contribution >= 4 is 45.7 Å². The van der Waals surface area contributed by atoms with Crippen LogP contribution in [0.3, 0.4) is 0 Å². The van der Waals surface area contributed by atoms with Gasteiger partial charge in [-0.2, -0.15) is 0 Å². The van der Waals surface area contributed by atoms with E-state index in [0.717, 1.165) is 30.7 Å². The third-order valence-electron chi connectivity index (χ3n) is 7.15. The number of allylic oxidation sites excluding steroid dienone is 1. The maximum atomic E-state index is 14.2. The Bertz CT molecular complexity index is 1610. The molecule has 2 unspecified atom stereocenters. The van der Waals surface area contributed by atoms with Crippen molar-refractivity contribution in [2.75, 3.05) is 22.8 Å². The van der Waals surface area contributed by atoms with Gasteiger partial charge in [-0.15, -0.1) is 19.0 Å². The molecule has 0 aromatic heterocycles. The largest absolute Gasteiger partial charge is 0.457 e. The Morgan fingerprint density at radius 3 is 2.31 bits per heavy atom. The lowest BCUT2D eigenvalue weighted by Gasteiger charge is -2.40. The van der Waals surface area contributed by atoms with Crippen molar-refractivity contribution in [1.82, 2.24) is 10.2 Å². The molecule has 0 spiro atoms. The molecule has 1 heterocycles. The number of hydrogen-bond donors (Lipinski definition) is 4. The number of anilines is 2. The smallest absolute Gasteiger partial charge is 0.319 e. The standard InChI is InChI=1S/C31H35F2N5O5S.ClH/c1-3-4-5-23-16-22(35-31(40)36-29-17-26(30(34)39)27(32)18-28(29)33)14-15-38(23)19-20-6-10-24(11-7-20)43-25-12-8-21(9-13-25)37-44(2,41)42;/h3,6-13,17-18,22-23,37H,1,4-5,14-16,19H2,2H3,(H2,34,39)(H2,35,36,40);1H. The molecular weight excluding hydrogens is 628 g/mol. The Balaban J connectivity index is 0.00000552. The Morgan fingerprint density at radius 2 is 1.71 bits per heavy atom. The summed E-state index contributed by atoms with van der Waals surface area (Å²) in [5.41, 5.74) is 5.80. The SMILES string of the molecule is C=CCCC1CC(NC(=O)Nc2cc(C(N)=O)c(F)cc2F)CCN1Cc1ccc(Oc2ccc(NS(C)(=O)=O)cc2)cc1.Cl. The van der Waals surface area contributed by atoms with Gasteiger partial charge in [-0.3, -0.25) is 14.4 Å². The van der Waals surface area contributed by atoms with Gasteiger partial charge in [-0.05, 0) is 73.7 Å². The molecule has 242 valence electrons. The summed E-state index contributed by atoms with van der Waals surface area (Å²) in [5, 5.41) is 5.22. The van der Waals surface area contributed by atoms with Crippen LogP contribution in [0, 0.1) is 11.6 Å². The highest BCUT2D eigenvalue weighted by Gasteiger charge is 2.29. The summed E-state index contributed by atoms with van der Waals surface area (Å²) >= 11 is 0. The Labute approximate surface area is 267 Å². The average Bonchev–Trinajstić information content (AvgIpc) is 2.95. The minimum Gasteiger partial charge on any atom is -0.457 e. The van der Waals surface area contributed by atoms with E-state index in [9.17, 15) is 26.8 Å². The first kappa shape index (κ1) is 35.3. The average molecular weight is 664 g/mol. The molecule has 5 N–H and O–H groups in total. The first-order valence-electron chi connectivity index (χ1n) is 14.0. The fourth-order valence-electron chi connectivity index (χ4n) is 5.07. The van der Waals surface area contributed by atoms with Gasteiger partial charge in [0.15, 0.2) is 0 Å². The van der Waals surface area contributed by atoms with Gasteiger partial charge in [0.2, 0.25) is 10.0 Å².